The van der Waals surface area contributed by atoms with E-state index < -0.39 is 23.8 Å². The second kappa shape index (κ2) is 8.92. The van der Waals surface area contributed by atoms with E-state index in [2.05, 4.69) is 6.92 Å². The quantitative estimate of drug-likeness (QED) is 0.534. The number of aromatic carboxylic acids is 2. The van der Waals surface area contributed by atoms with Crippen molar-refractivity contribution in [2.75, 3.05) is 6.61 Å². The van der Waals surface area contributed by atoms with Gasteiger partial charge in [-0.3, -0.25) is 4.79 Å². The topological polar surface area (TPSA) is 101 Å². The third-order valence-corrected chi connectivity index (χ3v) is 3.60. The Labute approximate surface area is 135 Å². The van der Waals surface area contributed by atoms with Gasteiger partial charge in [0.1, 0.15) is 0 Å². The Hall–Kier alpha value is -2.37. The van der Waals surface area contributed by atoms with Gasteiger partial charge in [-0.2, -0.15) is 0 Å². The number of hydrogen-bond acceptors (Lipinski definition) is 4. The molecule has 1 aromatic carbocycles. The van der Waals surface area contributed by atoms with Gasteiger partial charge in [0.2, 0.25) is 0 Å². The zero-order valence-electron chi connectivity index (χ0n) is 13.4. The van der Waals surface area contributed by atoms with Crippen LogP contribution in [0.5, 0.6) is 0 Å². The van der Waals surface area contributed by atoms with Crippen molar-refractivity contribution in [1.82, 2.24) is 0 Å². The average Bonchev–Trinajstić information content (AvgIpc) is 2.52. The third kappa shape index (κ3) is 5.39. The van der Waals surface area contributed by atoms with Crippen LogP contribution in [0.1, 0.15) is 71.7 Å². The van der Waals surface area contributed by atoms with Crippen LogP contribution >= 0.6 is 0 Å². The molecule has 2 N–H and O–H groups in total. The summed E-state index contributed by atoms with van der Waals surface area (Å²) >= 11 is 0. The van der Waals surface area contributed by atoms with Gasteiger partial charge in [-0.15, -0.1) is 0 Å². The summed E-state index contributed by atoms with van der Waals surface area (Å²) in [6.45, 7) is 4.03. The number of unbranched alkanes of at least 4 members (excludes halogenated alkanes) is 3. The maximum Gasteiger partial charge on any atom is 0.336 e. The summed E-state index contributed by atoms with van der Waals surface area (Å²) < 4.78 is 5.18. The third-order valence-electron chi connectivity index (χ3n) is 3.60. The van der Waals surface area contributed by atoms with Gasteiger partial charge in [-0.05, 0) is 31.0 Å². The Morgan fingerprint density at radius 1 is 1.04 bits per heavy atom. The van der Waals surface area contributed by atoms with E-state index in [9.17, 15) is 14.4 Å². The summed E-state index contributed by atoms with van der Waals surface area (Å²) in [7, 11) is 0. The number of carboxylic acids is 2. The van der Waals surface area contributed by atoms with Crippen molar-refractivity contribution < 1.29 is 29.3 Å². The van der Waals surface area contributed by atoms with Crippen LogP contribution in [0.15, 0.2) is 18.2 Å². The molecule has 126 valence electrons. The number of ether oxygens (including phenoxy) is 1. The molecule has 6 nitrogen and oxygen atoms in total. The van der Waals surface area contributed by atoms with Crippen molar-refractivity contribution in [3.05, 3.63) is 34.9 Å². The van der Waals surface area contributed by atoms with Gasteiger partial charge < -0.3 is 14.9 Å². The minimum atomic E-state index is -1.34. The molecule has 0 aliphatic carbocycles. The lowest BCUT2D eigenvalue weighted by atomic mass is 9.96. The van der Waals surface area contributed by atoms with Crippen LogP contribution < -0.4 is 0 Å². The van der Waals surface area contributed by atoms with Gasteiger partial charge in [-0.25, -0.2) is 9.59 Å². The molecule has 0 fully saturated rings. The number of carbonyl (C=O) groups excluding carboxylic acids is 1. The van der Waals surface area contributed by atoms with Gasteiger partial charge in [0.15, 0.2) is 0 Å². The zero-order valence-corrected chi connectivity index (χ0v) is 13.4. The Balaban J connectivity index is 2.77. The molecule has 23 heavy (non-hydrogen) atoms. The largest absolute Gasteiger partial charge is 0.478 e. The Morgan fingerprint density at radius 3 is 2.26 bits per heavy atom. The van der Waals surface area contributed by atoms with Crippen molar-refractivity contribution >= 4 is 17.9 Å². The summed E-state index contributed by atoms with van der Waals surface area (Å²) in [6, 6.07) is 3.86. The number of hydrogen-bond donors (Lipinski definition) is 2. The summed E-state index contributed by atoms with van der Waals surface area (Å²) in [5.74, 6) is -3.76. The average molecular weight is 322 g/mol. The van der Waals surface area contributed by atoms with Crippen LogP contribution in [-0.2, 0) is 9.53 Å². The fraction of sp³-hybridized carbons (Fsp3) is 0.471. The normalized spacial score (nSPS) is 11.7. The fourth-order valence-corrected chi connectivity index (χ4v) is 2.16. The molecular weight excluding hydrogens is 300 g/mol. The van der Waals surface area contributed by atoms with Crippen molar-refractivity contribution in [3.8, 4) is 0 Å². The van der Waals surface area contributed by atoms with Crippen LogP contribution in [0.4, 0.5) is 0 Å². The summed E-state index contributed by atoms with van der Waals surface area (Å²) in [5.41, 5.74) is -0.218. The van der Waals surface area contributed by atoms with E-state index >= 15 is 0 Å². The first kappa shape index (κ1) is 18.7. The maximum absolute atomic E-state index is 12.0. The van der Waals surface area contributed by atoms with E-state index in [1.165, 1.54) is 18.2 Å². The summed E-state index contributed by atoms with van der Waals surface area (Å²) in [5, 5.41) is 18.1. The SMILES string of the molecule is CCCCCCOC(=O)[C@@H](C)c1ccc(C(=O)O)c(C(=O)O)c1. The Kier molecular flexibility index (Phi) is 7.25. The van der Waals surface area contributed by atoms with Crippen LogP contribution in [0, 0.1) is 0 Å². The van der Waals surface area contributed by atoms with Gasteiger partial charge in [0.05, 0.1) is 23.7 Å². The highest BCUT2D eigenvalue weighted by atomic mass is 16.5. The lowest BCUT2D eigenvalue weighted by Gasteiger charge is -2.13. The Bertz CT molecular complexity index is 578. The molecule has 1 rings (SSSR count). The molecule has 0 amide bonds. The monoisotopic (exact) mass is 322 g/mol. The first-order chi connectivity index (χ1) is 10.9. The molecule has 1 aromatic rings. The van der Waals surface area contributed by atoms with Crippen molar-refractivity contribution in [2.24, 2.45) is 0 Å². The van der Waals surface area contributed by atoms with E-state index in [0.717, 1.165) is 25.7 Å². The zero-order chi connectivity index (χ0) is 17.4. The molecule has 6 heteroatoms. The van der Waals surface area contributed by atoms with Gasteiger partial charge in [-0.1, -0.05) is 32.3 Å². The molecule has 0 saturated heterocycles. The molecule has 0 unspecified atom stereocenters. The number of esters is 1. The molecule has 0 radical (unpaired) electrons. The minimum Gasteiger partial charge on any atom is -0.478 e. The number of carboxylic acid groups (broad SMARTS) is 2. The fourth-order valence-electron chi connectivity index (χ4n) is 2.16. The number of benzene rings is 1. The minimum absolute atomic E-state index is 0.304. The van der Waals surface area contributed by atoms with Crippen LogP contribution in [0.25, 0.3) is 0 Å². The highest BCUT2D eigenvalue weighted by Crippen LogP contribution is 2.21. The highest BCUT2D eigenvalue weighted by molar-refractivity contribution is 6.02. The van der Waals surface area contributed by atoms with Crippen LogP contribution in [-0.4, -0.2) is 34.7 Å². The molecule has 0 bridgehead atoms. The summed E-state index contributed by atoms with van der Waals surface area (Å²) in [6.07, 6.45) is 3.98. The molecule has 0 aliphatic heterocycles. The lowest BCUT2D eigenvalue weighted by molar-refractivity contribution is -0.145. The molecule has 0 saturated carbocycles. The van der Waals surface area contributed by atoms with Crippen molar-refractivity contribution in [3.63, 3.8) is 0 Å². The van der Waals surface area contributed by atoms with Gasteiger partial charge in [0.25, 0.3) is 0 Å². The predicted octanol–water partition coefficient (Wildman–Crippen LogP) is 3.31. The van der Waals surface area contributed by atoms with Gasteiger partial charge >= 0.3 is 17.9 Å². The first-order valence-corrected chi connectivity index (χ1v) is 7.65. The van der Waals surface area contributed by atoms with Crippen LogP contribution in [0.3, 0.4) is 0 Å². The van der Waals surface area contributed by atoms with Gasteiger partial charge in [0, 0.05) is 0 Å². The van der Waals surface area contributed by atoms with Crippen molar-refractivity contribution in [2.45, 2.75) is 45.4 Å². The molecule has 0 spiro atoms. The van der Waals surface area contributed by atoms with E-state index in [0.29, 0.717) is 12.2 Å². The van der Waals surface area contributed by atoms with Crippen LogP contribution in [0.2, 0.25) is 0 Å². The molecule has 0 heterocycles. The number of rotatable bonds is 9. The predicted molar refractivity (Wildman–Crippen MR) is 83.9 cm³/mol. The molecule has 0 aliphatic rings. The second-order valence-electron chi connectivity index (χ2n) is 5.37. The molecular formula is C17H22O6. The Morgan fingerprint density at radius 2 is 1.70 bits per heavy atom. The molecule has 0 aromatic heterocycles. The standard InChI is InChI=1S/C17H22O6/c1-3-4-5-6-9-23-17(22)11(2)12-7-8-13(15(18)19)14(10-12)16(20)21/h7-8,10-11H,3-6,9H2,1-2H3,(H,18,19)(H,20,21)/t11-/m0/s1. The van der Waals surface area contributed by atoms with E-state index in [4.69, 9.17) is 14.9 Å². The first-order valence-electron chi connectivity index (χ1n) is 7.65. The highest BCUT2D eigenvalue weighted by Gasteiger charge is 2.22. The maximum atomic E-state index is 12.0. The van der Waals surface area contributed by atoms with E-state index in [1.807, 2.05) is 0 Å². The smallest absolute Gasteiger partial charge is 0.336 e. The lowest BCUT2D eigenvalue weighted by Crippen LogP contribution is -2.16. The number of carbonyl (C=O) groups is 3. The van der Waals surface area contributed by atoms with Crippen molar-refractivity contribution in [1.29, 1.82) is 0 Å². The van der Waals surface area contributed by atoms with E-state index in [-0.39, 0.29) is 11.1 Å². The summed E-state index contributed by atoms with van der Waals surface area (Å²) in [4.78, 5) is 34.2. The van der Waals surface area contributed by atoms with E-state index in [1.54, 1.807) is 6.92 Å². The second-order valence-corrected chi connectivity index (χ2v) is 5.37. The molecule has 1 atom stereocenters.